The van der Waals surface area contributed by atoms with E-state index in [4.69, 9.17) is 10.00 Å². The van der Waals surface area contributed by atoms with Crippen molar-refractivity contribution in [1.82, 2.24) is 0 Å². The summed E-state index contributed by atoms with van der Waals surface area (Å²) in [6.07, 6.45) is 0.707. The van der Waals surface area contributed by atoms with Crippen molar-refractivity contribution in [1.29, 1.82) is 5.26 Å². The zero-order valence-electron chi connectivity index (χ0n) is 10.9. The SMILES string of the molecule is Cc1cccc(C=O)c1OCc1cc(F)ccc1C#N. The van der Waals surface area contributed by atoms with Gasteiger partial charge in [0.15, 0.2) is 6.29 Å². The van der Waals surface area contributed by atoms with Crippen LogP contribution < -0.4 is 4.74 Å². The number of benzene rings is 2. The van der Waals surface area contributed by atoms with E-state index in [0.717, 1.165) is 5.56 Å². The van der Waals surface area contributed by atoms with Crippen LogP contribution >= 0.6 is 0 Å². The second kappa shape index (κ2) is 5.98. The highest BCUT2D eigenvalue weighted by Gasteiger charge is 2.09. The number of para-hydroxylation sites is 1. The largest absolute Gasteiger partial charge is 0.488 e. The molecule has 2 aromatic carbocycles. The van der Waals surface area contributed by atoms with Crippen LogP contribution in [0, 0.1) is 24.1 Å². The minimum atomic E-state index is -0.428. The molecule has 0 spiro atoms. The zero-order valence-corrected chi connectivity index (χ0v) is 10.9. The predicted molar refractivity (Wildman–Crippen MR) is 72.0 cm³/mol. The number of aryl methyl sites for hydroxylation is 1. The lowest BCUT2D eigenvalue weighted by Gasteiger charge is -2.12. The minimum Gasteiger partial charge on any atom is -0.488 e. The van der Waals surface area contributed by atoms with E-state index in [2.05, 4.69) is 0 Å². The molecule has 0 aromatic heterocycles. The predicted octanol–water partition coefficient (Wildman–Crippen LogP) is 3.40. The number of carbonyl (C=O) groups is 1. The molecule has 0 radical (unpaired) electrons. The standard InChI is InChI=1S/C16H12FNO2/c1-11-3-2-4-13(9-19)16(11)20-10-14-7-15(17)6-5-12(14)8-18/h2-7,9H,10H2,1H3. The molecule has 3 nitrogen and oxygen atoms in total. The maximum atomic E-state index is 13.2. The van der Waals surface area contributed by atoms with Crippen LogP contribution in [0.4, 0.5) is 4.39 Å². The van der Waals surface area contributed by atoms with Crippen molar-refractivity contribution >= 4 is 6.29 Å². The van der Waals surface area contributed by atoms with Gasteiger partial charge in [-0.25, -0.2) is 4.39 Å². The van der Waals surface area contributed by atoms with E-state index in [0.29, 0.717) is 28.7 Å². The van der Waals surface area contributed by atoms with Crippen LogP contribution in [0.5, 0.6) is 5.75 Å². The van der Waals surface area contributed by atoms with E-state index in [1.807, 2.05) is 19.1 Å². The second-order valence-electron chi connectivity index (χ2n) is 4.31. The van der Waals surface area contributed by atoms with Crippen molar-refractivity contribution < 1.29 is 13.9 Å². The molecule has 100 valence electrons. The number of nitrogens with zero attached hydrogens (tertiary/aromatic N) is 1. The zero-order chi connectivity index (χ0) is 14.5. The Balaban J connectivity index is 2.28. The van der Waals surface area contributed by atoms with Gasteiger partial charge < -0.3 is 4.74 Å². The molecular formula is C16H12FNO2. The highest BCUT2D eigenvalue weighted by molar-refractivity contribution is 5.80. The smallest absolute Gasteiger partial charge is 0.153 e. The van der Waals surface area contributed by atoms with Crippen LogP contribution in [0.3, 0.4) is 0 Å². The fourth-order valence-corrected chi connectivity index (χ4v) is 1.91. The second-order valence-corrected chi connectivity index (χ2v) is 4.31. The first kappa shape index (κ1) is 13.8. The summed E-state index contributed by atoms with van der Waals surface area (Å²) in [4.78, 5) is 11.0. The molecule has 0 heterocycles. The third-order valence-corrected chi connectivity index (χ3v) is 2.93. The van der Waals surface area contributed by atoms with Crippen LogP contribution in [0.25, 0.3) is 0 Å². The number of hydrogen-bond donors (Lipinski definition) is 0. The van der Waals surface area contributed by atoms with Gasteiger partial charge in [-0.3, -0.25) is 4.79 Å². The fourth-order valence-electron chi connectivity index (χ4n) is 1.91. The summed E-state index contributed by atoms with van der Waals surface area (Å²) in [7, 11) is 0. The Bertz CT molecular complexity index is 689. The first-order valence-corrected chi connectivity index (χ1v) is 6.02. The van der Waals surface area contributed by atoms with Gasteiger partial charge in [0.25, 0.3) is 0 Å². The molecule has 0 N–H and O–H groups in total. The summed E-state index contributed by atoms with van der Waals surface area (Å²) in [5.74, 6) is 0.0265. The highest BCUT2D eigenvalue weighted by atomic mass is 19.1. The van der Waals surface area contributed by atoms with E-state index in [9.17, 15) is 9.18 Å². The van der Waals surface area contributed by atoms with Gasteiger partial charge in [-0.2, -0.15) is 5.26 Å². The van der Waals surface area contributed by atoms with Gasteiger partial charge in [0.1, 0.15) is 18.2 Å². The average molecular weight is 269 g/mol. The Morgan fingerprint density at radius 1 is 1.35 bits per heavy atom. The normalized spacial score (nSPS) is 9.85. The molecule has 4 heteroatoms. The van der Waals surface area contributed by atoms with E-state index in [-0.39, 0.29) is 6.61 Å². The number of aldehydes is 1. The summed E-state index contributed by atoms with van der Waals surface area (Å²) in [5, 5.41) is 8.98. The molecule has 2 rings (SSSR count). The molecule has 2 aromatic rings. The molecule has 0 atom stereocenters. The summed E-state index contributed by atoms with van der Waals surface area (Å²) in [5.41, 5.74) is 2.05. The summed E-state index contributed by atoms with van der Waals surface area (Å²) >= 11 is 0. The summed E-state index contributed by atoms with van der Waals surface area (Å²) < 4.78 is 18.8. The fraction of sp³-hybridized carbons (Fsp3) is 0.125. The van der Waals surface area contributed by atoms with Crippen molar-refractivity contribution in [2.24, 2.45) is 0 Å². The molecule has 20 heavy (non-hydrogen) atoms. The average Bonchev–Trinajstić information content (AvgIpc) is 2.46. The Hall–Kier alpha value is -2.67. The maximum Gasteiger partial charge on any atom is 0.153 e. The van der Waals surface area contributed by atoms with Crippen molar-refractivity contribution in [3.8, 4) is 11.8 Å². The van der Waals surface area contributed by atoms with Crippen LogP contribution in [0.2, 0.25) is 0 Å². The monoisotopic (exact) mass is 269 g/mol. The first-order valence-electron chi connectivity index (χ1n) is 6.02. The molecule has 0 aliphatic carbocycles. The number of rotatable bonds is 4. The van der Waals surface area contributed by atoms with E-state index in [1.54, 1.807) is 12.1 Å². The third kappa shape index (κ3) is 2.83. The van der Waals surface area contributed by atoms with Gasteiger partial charge in [0, 0.05) is 5.56 Å². The number of nitriles is 1. The van der Waals surface area contributed by atoms with E-state index < -0.39 is 5.82 Å². The lowest BCUT2D eigenvalue weighted by Crippen LogP contribution is -2.02. The van der Waals surface area contributed by atoms with Gasteiger partial charge in [-0.15, -0.1) is 0 Å². The molecule has 0 unspecified atom stereocenters. The van der Waals surface area contributed by atoms with Crippen molar-refractivity contribution in [3.05, 3.63) is 64.5 Å². The molecule has 0 fully saturated rings. The quantitative estimate of drug-likeness (QED) is 0.799. The van der Waals surface area contributed by atoms with Crippen LogP contribution in [-0.2, 0) is 6.61 Å². The Morgan fingerprint density at radius 2 is 2.15 bits per heavy atom. The van der Waals surface area contributed by atoms with Crippen molar-refractivity contribution in [2.45, 2.75) is 13.5 Å². The van der Waals surface area contributed by atoms with Crippen molar-refractivity contribution in [3.63, 3.8) is 0 Å². The van der Waals surface area contributed by atoms with Crippen LogP contribution in [0.1, 0.15) is 27.0 Å². The van der Waals surface area contributed by atoms with Gasteiger partial charge in [0.2, 0.25) is 0 Å². The third-order valence-electron chi connectivity index (χ3n) is 2.93. The molecule has 0 saturated heterocycles. The number of carbonyl (C=O) groups excluding carboxylic acids is 1. The van der Waals surface area contributed by atoms with Crippen molar-refractivity contribution in [2.75, 3.05) is 0 Å². The number of ether oxygens (including phenoxy) is 1. The molecule has 0 bridgehead atoms. The van der Waals surface area contributed by atoms with Crippen LogP contribution in [-0.4, -0.2) is 6.29 Å². The summed E-state index contributed by atoms with van der Waals surface area (Å²) in [6.45, 7) is 1.85. The molecular weight excluding hydrogens is 257 g/mol. The molecule has 0 amide bonds. The first-order chi connectivity index (χ1) is 9.65. The Morgan fingerprint density at radius 3 is 2.85 bits per heavy atom. The molecule has 0 aliphatic heterocycles. The Labute approximate surface area is 116 Å². The topological polar surface area (TPSA) is 50.1 Å². The van der Waals surface area contributed by atoms with E-state index in [1.165, 1.54) is 18.2 Å². The van der Waals surface area contributed by atoms with Gasteiger partial charge >= 0.3 is 0 Å². The van der Waals surface area contributed by atoms with Gasteiger partial charge in [0.05, 0.1) is 17.2 Å². The highest BCUT2D eigenvalue weighted by Crippen LogP contribution is 2.23. The van der Waals surface area contributed by atoms with Crippen LogP contribution in [0.15, 0.2) is 36.4 Å². The number of halogens is 1. The Kier molecular flexibility index (Phi) is 4.11. The van der Waals surface area contributed by atoms with Gasteiger partial charge in [-0.05, 0) is 36.8 Å². The number of hydrogen-bond acceptors (Lipinski definition) is 3. The maximum absolute atomic E-state index is 13.2. The summed E-state index contributed by atoms with van der Waals surface area (Å²) in [6, 6.07) is 11.1. The van der Waals surface area contributed by atoms with E-state index >= 15 is 0 Å². The lowest BCUT2D eigenvalue weighted by atomic mass is 10.1. The lowest BCUT2D eigenvalue weighted by molar-refractivity contribution is 0.111. The minimum absolute atomic E-state index is 0.0341. The molecule has 0 saturated carbocycles. The van der Waals surface area contributed by atoms with Gasteiger partial charge in [-0.1, -0.05) is 12.1 Å². The molecule has 0 aliphatic rings.